The van der Waals surface area contributed by atoms with Gasteiger partial charge in [-0.1, -0.05) is 12.2 Å². The molecule has 1 N–H and O–H groups in total. The number of rotatable bonds is 6. The minimum atomic E-state index is -0.147. The number of nitrogens with one attached hydrogen (secondary N) is 1. The molecule has 1 atom stereocenters. The number of carbonyl (C=O) groups is 1. The lowest BCUT2D eigenvalue weighted by atomic mass is 9.98. The molecule has 0 bridgehead atoms. The summed E-state index contributed by atoms with van der Waals surface area (Å²) in [6, 6.07) is 1.94. The van der Waals surface area contributed by atoms with E-state index in [9.17, 15) is 4.79 Å². The van der Waals surface area contributed by atoms with Crippen LogP contribution in [-0.2, 0) is 9.53 Å². The van der Waals surface area contributed by atoms with Gasteiger partial charge in [-0.2, -0.15) is 0 Å². The Morgan fingerprint density at radius 2 is 2.21 bits per heavy atom. The molecule has 1 unspecified atom stereocenters. The molecule has 1 saturated heterocycles. The summed E-state index contributed by atoms with van der Waals surface area (Å²) in [4.78, 5) is 24.1. The van der Waals surface area contributed by atoms with E-state index in [1.54, 1.807) is 41.4 Å². The molecule has 7 heteroatoms. The third-order valence-electron chi connectivity index (χ3n) is 5.02. The standard InChI is InChI=1S/C22H24N4O2S/c27-22(6-3-18-13-23-8-7-20(18)21-14-24-16-29-21)25-19-4-1-17(2-5-19)15-26-9-11-28-12-10-26/h1,3-8,13-14,16-17H,2,9-12,15H2,(H,25,27)/b6-3+. The van der Waals surface area contributed by atoms with Crippen LogP contribution in [0.5, 0.6) is 0 Å². The second kappa shape index (κ2) is 9.73. The summed E-state index contributed by atoms with van der Waals surface area (Å²) in [5, 5.41) is 2.95. The van der Waals surface area contributed by atoms with Gasteiger partial charge in [0.15, 0.2) is 0 Å². The zero-order valence-corrected chi connectivity index (χ0v) is 17.0. The van der Waals surface area contributed by atoms with E-state index in [0.29, 0.717) is 5.92 Å². The number of carbonyl (C=O) groups excluding carboxylic acids is 1. The summed E-state index contributed by atoms with van der Waals surface area (Å²) in [7, 11) is 0. The minimum Gasteiger partial charge on any atom is -0.379 e. The summed E-state index contributed by atoms with van der Waals surface area (Å²) in [5.41, 5.74) is 4.57. The van der Waals surface area contributed by atoms with Crippen molar-refractivity contribution in [2.24, 2.45) is 5.92 Å². The molecular formula is C22H24N4O2S. The van der Waals surface area contributed by atoms with Crippen LogP contribution in [0.2, 0.25) is 0 Å². The average Bonchev–Trinajstić information content (AvgIpc) is 3.29. The molecule has 1 fully saturated rings. The van der Waals surface area contributed by atoms with E-state index in [0.717, 1.165) is 61.0 Å². The predicted octanol–water partition coefficient (Wildman–Crippen LogP) is 3.13. The first-order chi connectivity index (χ1) is 14.3. The molecule has 29 heavy (non-hydrogen) atoms. The van der Waals surface area contributed by atoms with E-state index in [-0.39, 0.29) is 5.91 Å². The number of amides is 1. The average molecular weight is 409 g/mol. The SMILES string of the molecule is O=C(/C=C/c1cnccc1-c1cncs1)NC1=CCC(CN2CCOCC2)C=C1. The first-order valence-corrected chi connectivity index (χ1v) is 10.7. The van der Waals surface area contributed by atoms with Gasteiger partial charge in [-0.05, 0) is 30.6 Å². The third kappa shape index (κ3) is 5.47. The highest BCUT2D eigenvalue weighted by molar-refractivity contribution is 7.13. The van der Waals surface area contributed by atoms with Crippen LogP contribution in [0.15, 0.2) is 60.2 Å². The van der Waals surface area contributed by atoms with Crippen molar-refractivity contribution in [2.45, 2.75) is 6.42 Å². The van der Waals surface area contributed by atoms with E-state index in [4.69, 9.17) is 4.74 Å². The van der Waals surface area contributed by atoms with Gasteiger partial charge in [0.05, 0.1) is 23.6 Å². The molecule has 4 rings (SSSR count). The molecule has 6 nitrogen and oxygen atoms in total. The molecule has 0 spiro atoms. The molecule has 150 valence electrons. The lowest BCUT2D eigenvalue weighted by Crippen LogP contribution is -2.39. The molecule has 3 heterocycles. The van der Waals surface area contributed by atoms with Crippen molar-refractivity contribution >= 4 is 23.3 Å². The number of allylic oxidation sites excluding steroid dienone is 2. The van der Waals surface area contributed by atoms with Crippen LogP contribution in [0.25, 0.3) is 16.5 Å². The fourth-order valence-corrected chi connectivity index (χ4v) is 4.14. The van der Waals surface area contributed by atoms with Crippen molar-refractivity contribution in [3.8, 4) is 10.4 Å². The molecule has 0 aromatic carbocycles. The molecule has 2 aromatic heterocycles. The molecule has 1 aliphatic heterocycles. The van der Waals surface area contributed by atoms with Gasteiger partial charge < -0.3 is 10.1 Å². The van der Waals surface area contributed by atoms with Gasteiger partial charge in [0.25, 0.3) is 0 Å². The van der Waals surface area contributed by atoms with Crippen LogP contribution >= 0.6 is 11.3 Å². The molecular weight excluding hydrogens is 384 g/mol. The zero-order chi connectivity index (χ0) is 19.9. The van der Waals surface area contributed by atoms with E-state index >= 15 is 0 Å². The number of nitrogens with zero attached hydrogens (tertiary/aromatic N) is 3. The van der Waals surface area contributed by atoms with Gasteiger partial charge in [0, 0.05) is 61.1 Å². The van der Waals surface area contributed by atoms with Crippen molar-refractivity contribution in [3.63, 3.8) is 0 Å². The van der Waals surface area contributed by atoms with Crippen molar-refractivity contribution in [1.82, 2.24) is 20.2 Å². The van der Waals surface area contributed by atoms with Crippen LogP contribution < -0.4 is 5.32 Å². The van der Waals surface area contributed by atoms with Gasteiger partial charge in [-0.25, -0.2) is 0 Å². The monoisotopic (exact) mass is 408 g/mol. The van der Waals surface area contributed by atoms with E-state index < -0.39 is 0 Å². The normalized spacial score (nSPS) is 20.0. The summed E-state index contributed by atoms with van der Waals surface area (Å²) in [5.74, 6) is 0.341. The Kier molecular flexibility index (Phi) is 6.61. The van der Waals surface area contributed by atoms with Gasteiger partial charge in [-0.3, -0.25) is 19.7 Å². The molecule has 2 aliphatic rings. The van der Waals surface area contributed by atoms with Crippen molar-refractivity contribution in [1.29, 1.82) is 0 Å². The molecule has 0 radical (unpaired) electrons. The predicted molar refractivity (Wildman–Crippen MR) is 115 cm³/mol. The van der Waals surface area contributed by atoms with Gasteiger partial charge >= 0.3 is 0 Å². The summed E-state index contributed by atoms with van der Waals surface area (Å²) < 4.78 is 5.40. The van der Waals surface area contributed by atoms with Crippen molar-refractivity contribution in [3.05, 3.63) is 65.7 Å². The van der Waals surface area contributed by atoms with Crippen LogP contribution in [0, 0.1) is 5.92 Å². The Bertz CT molecular complexity index is 915. The minimum absolute atomic E-state index is 0.147. The molecule has 1 amide bonds. The van der Waals surface area contributed by atoms with Crippen LogP contribution in [-0.4, -0.2) is 53.6 Å². The topological polar surface area (TPSA) is 67.4 Å². The molecule has 0 saturated carbocycles. The highest BCUT2D eigenvalue weighted by Crippen LogP contribution is 2.27. The first kappa shape index (κ1) is 19.7. The van der Waals surface area contributed by atoms with Gasteiger partial charge in [-0.15, -0.1) is 11.3 Å². The second-order valence-electron chi connectivity index (χ2n) is 7.08. The Morgan fingerprint density at radius 3 is 2.97 bits per heavy atom. The second-order valence-corrected chi connectivity index (χ2v) is 7.96. The number of aromatic nitrogens is 2. The van der Waals surface area contributed by atoms with Crippen LogP contribution in [0.1, 0.15) is 12.0 Å². The fourth-order valence-electron chi connectivity index (χ4n) is 3.47. The summed E-state index contributed by atoms with van der Waals surface area (Å²) in [6.45, 7) is 4.68. The van der Waals surface area contributed by atoms with Crippen LogP contribution in [0.3, 0.4) is 0 Å². The number of ether oxygens (including phenoxy) is 1. The zero-order valence-electron chi connectivity index (χ0n) is 16.2. The maximum atomic E-state index is 12.4. The Labute approximate surface area is 174 Å². The first-order valence-electron chi connectivity index (χ1n) is 9.78. The highest BCUT2D eigenvalue weighted by atomic mass is 32.1. The van der Waals surface area contributed by atoms with Gasteiger partial charge in [0.2, 0.25) is 5.91 Å². The summed E-state index contributed by atoms with van der Waals surface area (Å²) >= 11 is 1.56. The fraction of sp³-hybridized carbons (Fsp3) is 0.318. The van der Waals surface area contributed by atoms with E-state index in [2.05, 4.69) is 32.3 Å². The summed E-state index contributed by atoms with van der Waals surface area (Å²) in [6.07, 6.45) is 15.9. The quantitative estimate of drug-likeness (QED) is 0.744. The van der Waals surface area contributed by atoms with Gasteiger partial charge in [0.1, 0.15) is 0 Å². The van der Waals surface area contributed by atoms with Crippen LogP contribution in [0.4, 0.5) is 0 Å². The Morgan fingerprint density at radius 1 is 1.31 bits per heavy atom. The molecule has 2 aromatic rings. The van der Waals surface area contributed by atoms with E-state index in [1.807, 2.05) is 18.3 Å². The Hall–Kier alpha value is -2.61. The number of hydrogen-bond donors (Lipinski definition) is 1. The smallest absolute Gasteiger partial charge is 0.248 e. The number of hydrogen-bond acceptors (Lipinski definition) is 6. The maximum Gasteiger partial charge on any atom is 0.248 e. The Balaban J connectivity index is 1.31. The number of morpholine rings is 1. The number of pyridine rings is 1. The highest BCUT2D eigenvalue weighted by Gasteiger charge is 2.16. The lowest BCUT2D eigenvalue weighted by Gasteiger charge is -2.30. The number of thiazole rings is 1. The van der Waals surface area contributed by atoms with E-state index in [1.165, 1.54) is 0 Å². The molecule has 1 aliphatic carbocycles. The largest absolute Gasteiger partial charge is 0.379 e. The lowest BCUT2D eigenvalue weighted by molar-refractivity contribution is -0.115. The third-order valence-corrected chi connectivity index (χ3v) is 5.82. The van der Waals surface area contributed by atoms with Crippen molar-refractivity contribution < 1.29 is 9.53 Å². The van der Waals surface area contributed by atoms with Crippen molar-refractivity contribution in [2.75, 3.05) is 32.8 Å². The maximum absolute atomic E-state index is 12.4.